The first-order chi connectivity index (χ1) is 14.2. The molecule has 2 heterocycles. The summed E-state index contributed by atoms with van der Waals surface area (Å²) in [5.41, 5.74) is 0.477. The molecule has 0 bridgehead atoms. The number of nitrogens with one attached hydrogen (secondary N) is 2. The lowest BCUT2D eigenvalue weighted by atomic mass is 9.87. The van der Waals surface area contributed by atoms with Crippen molar-refractivity contribution in [3.63, 3.8) is 0 Å². The van der Waals surface area contributed by atoms with Gasteiger partial charge in [-0.25, -0.2) is 4.39 Å². The second-order valence-electron chi connectivity index (χ2n) is 7.09. The third kappa shape index (κ3) is 4.14. The molecule has 4 rings (SSSR count). The molecule has 0 saturated carbocycles. The number of carbonyl (C=O) groups is 1. The zero-order valence-corrected chi connectivity index (χ0v) is 16.0. The Bertz CT molecular complexity index is 951. The summed E-state index contributed by atoms with van der Waals surface area (Å²) in [6.07, 6.45) is 4.87. The van der Waals surface area contributed by atoms with Gasteiger partial charge >= 0.3 is 0 Å². The van der Waals surface area contributed by atoms with Crippen molar-refractivity contribution in [3.8, 4) is 5.75 Å². The highest BCUT2D eigenvalue weighted by Crippen LogP contribution is 2.29. The van der Waals surface area contributed by atoms with Gasteiger partial charge in [-0.3, -0.25) is 9.48 Å². The first kappa shape index (κ1) is 19.1. The molecule has 1 aromatic heterocycles. The quantitative estimate of drug-likeness (QED) is 0.673. The highest BCUT2D eigenvalue weighted by Gasteiger charge is 2.42. The van der Waals surface area contributed by atoms with Crippen molar-refractivity contribution in [2.75, 3.05) is 18.4 Å². The number of carbonyl (C=O) groups excluding carboxylic acids is 1. The summed E-state index contributed by atoms with van der Waals surface area (Å²) in [6.45, 7) is 1.67. The van der Waals surface area contributed by atoms with Crippen molar-refractivity contribution < 1.29 is 13.9 Å². The zero-order valence-electron chi connectivity index (χ0n) is 16.0. The van der Waals surface area contributed by atoms with Gasteiger partial charge in [0.2, 0.25) is 0 Å². The fraction of sp³-hybridized carbons (Fsp3) is 0.273. The van der Waals surface area contributed by atoms with E-state index in [9.17, 15) is 9.18 Å². The van der Waals surface area contributed by atoms with Crippen LogP contribution in [0.1, 0.15) is 18.4 Å². The van der Waals surface area contributed by atoms with Gasteiger partial charge in [0, 0.05) is 23.6 Å². The smallest absolute Gasteiger partial charge is 0.252 e. The Kier molecular flexibility index (Phi) is 5.57. The molecule has 0 unspecified atom stereocenters. The van der Waals surface area contributed by atoms with E-state index in [0.717, 1.165) is 13.1 Å². The van der Waals surface area contributed by atoms with Crippen LogP contribution in [-0.4, -0.2) is 28.8 Å². The van der Waals surface area contributed by atoms with Crippen LogP contribution in [0.3, 0.4) is 0 Å². The van der Waals surface area contributed by atoms with E-state index in [0.29, 0.717) is 29.8 Å². The van der Waals surface area contributed by atoms with Crippen molar-refractivity contribution in [2.24, 2.45) is 0 Å². The van der Waals surface area contributed by atoms with Crippen molar-refractivity contribution in [1.29, 1.82) is 0 Å². The van der Waals surface area contributed by atoms with Gasteiger partial charge in [0.1, 0.15) is 23.7 Å². The minimum atomic E-state index is -0.700. The molecular weight excluding hydrogens is 371 g/mol. The molecule has 150 valence electrons. The maximum atomic E-state index is 13.7. The van der Waals surface area contributed by atoms with Crippen LogP contribution in [0.15, 0.2) is 67.0 Å². The molecule has 2 N–H and O–H groups in total. The van der Waals surface area contributed by atoms with Crippen molar-refractivity contribution in [1.82, 2.24) is 15.1 Å². The van der Waals surface area contributed by atoms with Gasteiger partial charge in [-0.05, 0) is 62.3 Å². The highest BCUT2D eigenvalue weighted by molar-refractivity contribution is 5.96. The molecule has 1 fully saturated rings. The van der Waals surface area contributed by atoms with Crippen LogP contribution in [0.2, 0.25) is 0 Å². The summed E-state index contributed by atoms with van der Waals surface area (Å²) >= 11 is 0. The molecule has 1 amide bonds. The third-order valence-corrected chi connectivity index (χ3v) is 5.26. The van der Waals surface area contributed by atoms with Crippen LogP contribution in [0.25, 0.3) is 0 Å². The van der Waals surface area contributed by atoms with E-state index in [1.165, 1.54) is 6.07 Å². The lowest BCUT2D eigenvalue weighted by Gasteiger charge is -2.36. The number of rotatable bonds is 6. The SMILES string of the molecule is O=C(Nc1ccc(OCc2ccccc2F)cc1)C1(n2cccn2)CCNCC1. The first-order valence-corrected chi connectivity index (χ1v) is 9.66. The van der Waals surface area contributed by atoms with Gasteiger partial charge in [-0.2, -0.15) is 5.10 Å². The van der Waals surface area contributed by atoms with Crippen molar-refractivity contribution in [3.05, 3.63) is 78.4 Å². The number of nitrogens with zero attached hydrogens (tertiary/aromatic N) is 2. The molecule has 0 aliphatic carbocycles. The molecule has 0 spiro atoms. The monoisotopic (exact) mass is 394 g/mol. The molecule has 0 atom stereocenters. The van der Waals surface area contributed by atoms with Gasteiger partial charge in [-0.15, -0.1) is 0 Å². The van der Waals surface area contributed by atoms with Gasteiger partial charge in [0.15, 0.2) is 0 Å². The summed E-state index contributed by atoms with van der Waals surface area (Å²) in [4.78, 5) is 13.1. The molecule has 29 heavy (non-hydrogen) atoms. The van der Waals surface area contributed by atoms with E-state index < -0.39 is 5.54 Å². The van der Waals surface area contributed by atoms with Gasteiger partial charge in [0.05, 0.1) is 0 Å². The summed E-state index contributed by atoms with van der Waals surface area (Å²) in [6, 6.07) is 15.5. The molecule has 7 heteroatoms. The second kappa shape index (κ2) is 8.45. The van der Waals surface area contributed by atoms with Crippen LogP contribution in [0, 0.1) is 5.82 Å². The number of aromatic nitrogens is 2. The van der Waals surface area contributed by atoms with Crippen LogP contribution in [0.5, 0.6) is 5.75 Å². The van der Waals surface area contributed by atoms with Gasteiger partial charge in [0.25, 0.3) is 5.91 Å². The van der Waals surface area contributed by atoms with E-state index in [4.69, 9.17) is 4.74 Å². The predicted octanol–water partition coefficient (Wildman–Crippen LogP) is 3.32. The number of hydrogen-bond acceptors (Lipinski definition) is 4. The minimum absolute atomic E-state index is 0.0808. The lowest BCUT2D eigenvalue weighted by molar-refractivity contribution is -0.126. The first-order valence-electron chi connectivity index (χ1n) is 9.66. The fourth-order valence-corrected chi connectivity index (χ4v) is 3.58. The largest absolute Gasteiger partial charge is 0.489 e. The van der Waals surface area contributed by atoms with E-state index in [1.54, 1.807) is 53.3 Å². The molecule has 0 radical (unpaired) electrons. The Balaban J connectivity index is 1.42. The molecule has 1 aliphatic heterocycles. The number of ether oxygens (including phenoxy) is 1. The maximum Gasteiger partial charge on any atom is 0.252 e. The summed E-state index contributed by atoms with van der Waals surface area (Å²) < 4.78 is 21.1. The van der Waals surface area contributed by atoms with E-state index >= 15 is 0 Å². The average Bonchev–Trinajstić information content (AvgIpc) is 3.30. The topological polar surface area (TPSA) is 68.2 Å². The van der Waals surface area contributed by atoms with Crippen LogP contribution >= 0.6 is 0 Å². The number of amides is 1. The number of piperidine rings is 1. The average molecular weight is 394 g/mol. The Morgan fingerprint density at radius 3 is 2.59 bits per heavy atom. The molecule has 1 saturated heterocycles. The zero-order chi connectivity index (χ0) is 20.1. The normalized spacial score (nSPS) is 15.6. The third-order valence-electron chi connectivity index (χ3n) is 5.26. The minimum Gasteiger partial charge on any atom is -0.489 e. The number of hydrogen-bond donors (Lipinski definition) is 2. The summed E-state index contributed by atoms with van der Waals surface area (Å²) in [5.74, 6) is 0.236. The van der Waals surface area contributed by atoms with Crippen LogP contribution < -0.4 is 15.4 Å². The lowest BCUT2D eigenvalue weighted by Crippen LogP contribution is -2.52. The van der Waals surface area contributed by atoms with Crippen molar-refractivity contribution >= 4 is 11.6 Å². The molecule has 3 aromatic rings. The molecule has 2 aromatic carbocycles. The molecule has 1 aliphatic rings. The van der Waals surface area contributed by atoms with E-state index in [2.05, 4.69) is 15.7 Å². The highest BCUT2D eigenvalue weighted by atomic mass is 19.1. The van der Waals surface area contributed by atoms with Crippen LogP contribution in [-0.2, 0) is 16.9 Å². The number of anilines is 1. The standard InChI is InChI=1S/C22H23FN4O2/c23-20-5-2-1-4-17(20)16-29-19-8-6-18(7-9-19)26-21(28)22(10-13-24-14-11-22)27-15-3-12-25-27/h1-9,12,15,24H,10-11,13-14,16H2,(H,26,28). The predicted molar refractivity (Wildman–Crippen MR) is 108 cm³/mol. The summed E-state index contributed by atoms with van der Waals surface area (Å²) in [7, 11) is 0. The maximum absolute atomic E-state index is 13.7. The summed E-state index contributed by atoms with van der Waals surface area (Å²) in [5, 5.41) is 10.6. The Labute approximate surface area is 168 Å². The molecule has 6 nitrogen and oxygen atoms in total. The Hall–Kier alpha value is -3.19. The van der Waals surface area contributed by atoms with Crippen molar-refractivity contribution in [2.45, 2.75) is 25.0 Å². The van der Waals surface area contributed by atoms with E-state index in [1.807, 2.05) is 12.3 Å². The van der Waals surface area contributed by atoms with E-state index in [-0.39, 0.29) is 18.3 Å². The van der Waals surface area contributed by atoms with Gasteiger partial charge in [-0.1, -0.05) is 18.2 Å². The number of halogens is 1. The fourth-order valence-electron chi connectivity index (χ4n) is 3.58. The Morgan fingerprint density at radius 2 is 1.90 bits per heavy atom. The Morgan fingerprint density at radius 1 is 1.14 bits per heavy atom. The molecular formula is C22H23FN4O2. The number of benzene rings is 2. The second-order valence-corrected chi connectivity index (χ2v) is 7.09. The van der Waals surface area contributed by atoms with Crippen LogP contribution in [0.4, 0.5) is 10.1 Å². The van der Waals surface area contributed by atoms with Gasteiger partial charge < -0.3 is 15.4 Å².